The molecule has 0 spiro atoms. The van der Waals surface area contributed by atoms with Crippen LogP contribution in [0.4, 0.5) is 0 Å². The van der Waals surface area contributed by atoms with Crippen molar-refractivity contribution in [3.8, 4) is 11.6 Å². The minimum Gasteiger partial charge on any atom is -0.476 e. The Balaban J connectivity index is 2.08. The lowest BCUT2D eigenvalue weighted by Gasteiger charge is -2.08. The molecule has 0 atom stereocenters. The number of aromatic carboxylic acids is 1. The van der Waals surface area contributed by atoms with E-state index < -0.39 is 5.97 Å². The second-order valence-corrected chi connectivity index (χ2v) is 5.06. The molecular formula is C14H12N2O3S. The lowest BCUT2D eigenvalue weighted by molar-refractivity contribution is 0.0686. The van der Waals surface area contributed by atoms with E-state index in [-0.39, 0.29) is 11.6 Å². The minimum absolute atomic E-state index is 0.0483. The van der Waals surface area contributed by atoms with Gasteiger partial charge in [-0.15, -0.1) is 11.3 Å². The molecule has 0 saturated carbocycles. The predicted molar refractivity (Wildman–Crippen MR) is 75.9 cm³/mol. The van der Waals surface area contributed by atoms with Crippen molar-refractivity contribution in [2.45, 2.75) is 13.3 Å². The zero-order chi connectivity index (χ0) is 14.1. The first kappa shape index (κ1) is 12.7. The molecule has 3 rings (SSSR count). The molecule has 3 aromatic rings. The molecule has 0 radical (unpaired) electrons. The number of aromatic nitrogens is 2. The number of ether oxygens (including phenoxy) is 1. The monoisotopic (exact) mass is 288 g/mol. The summed E-state index contributed by atoms with van der Waals surface area (Å²) in [5.74, 6) is -0.284. The first-order chi connectivity index (χ1) is 9.70. The average Bonchev–Trinajstić information content (AvgIpc) is 2.99. The van der Waals surface area contributed by atoms with Gasteiger partial charge in [-0.3, -0.25) is 4.40 Å². The Morgan fingerprint density at radius 3 is 3.00 bits per heavy atom. The number of fused-ring (bicyclic) bond motifs is 1. The van der Waals surface area contributed by atoms with Gasteiger partial charge in [0.05, 0.1) is 0 Å². The fourth-order valence-electron chi connectivity index (χ4n) is 2.03. The third-order valence-corrected chi connectivity index (χ3v) is 3.75. The van der Waals surface area contributed by atoms with Crippen molar-refractivity contribution in [1.29, 1.82) is 0 Å². The first-order valence-electron chi connectivity index (χ1n) is 6.15. The molecule has 102 valence electrons. The van der Waals surface area contributed by atoms with Gasteiger partial charge < -0.3 is 9.84 Å². The van der Waals surface area contributed by atoms with E-state index in [2.05, 4.69) is 4.98 Å². The first-order valence-corrected chi connectivity index (χ1v) is 7.03. The predicted octanol–water partition coefficient (Wildman–Crippen LogP) is 3.45. The summed E-state index contributed by atoms with van der Waals surface area (Å²) in [6, 6.07) is 7.55. The summed E-state index contributed by atoms with van der Waals surface area (Å²) < 4.78 is 7.25. The van der Waals surface area contributed by atoms with Gasteiger partial charge in [0.15, 0.2) is 10.7 Å². The van der Waals surface area contributed by atoms with Crippen molar-refractivity contribution in [3.05, 3.63) is 47.1 Å². The molecule has 0 amide bonds. The summed E-state index contributed by atoms with van der Waals surface area (Å²) in [6.45, 7) is 2.02. The average molecular weight is 288 g/mol. The van der Waals surface area contributed by atoms with E-state index in [9.17, 15) is 9.90 Å². The molecule has 1 N–H and O–H groups in total. The number of imidazole rings is 1. The maximum absolute atomic E-state index is 11.4. The quantitative estimate of drug-likeness (QED) is 0.798. The Bertz CT molecular complexity index is 776. The molecule has 0 aliphatic heterocycles. The van der Waals surface area contributed by atoms with Crippen molar-refractivity contribution >= 4 is 22.3 Å². The highest BCUT2D eigenvalue weighted by Gasteiger charge is 2.21. The molecule has 0 aliphatic rings. The maximum atomic E-state index is 11.4. The number of rotatable bonds is 4. The van der Waals surface area contributed by atoms with Gasteiger partial charge in [0.25, 0.3) is 5.88 Å². The summed E-state index contributed by atoms with van der Waals surface area (Å²) in [7, 11) is 0. The van der Waals surface area contributed by atoms with Gasteiger partial charge in [-0.2, -0.15) is 4.98 Å². The van der Waals surface area contributed by atoms with Gasteiger partial charge in [-0.25, -0.2) is 4.79 Å². The molecular weight excluding hydrogens is 276 g/mol. The summed E-state index contributed by atoms with van der Waals surface area (Å²) in [5, 5.41) is 11.1. The Kier molecular flexibility index (Phi) is 3.15. The zero-order valence-corrected chi connectivity index (χ0v) is 11.6. The van der Waals surface area contributed by atoms with E-state index in [1.165, 1.54) is 15.7 Å². The zero-order valence-electron chi connectivity index (χ0n) is 10.7. The number of carbonyl (C=O) groups is 1. The molecule has 0 aliphatic carbocycles. The van der Waals surface area contributed by atoms with E-state index in [0.717, 1.165) is 12.0 Å². The maximum Gasteiger partial charge on any atom is 0.358 e. The standard InChI is InChI=1S/C14H12N2O3S/c1-2-9-5-3-4-6-10(9)19-12-11(13(17)18)16-7-8-20-14(16)15-12/h3-8H,2H2,1H3,(H,17,18). The molecule has 2 aromatic heterocycles. The topological polar surface area (TPSA) is 63.8 Å². The van der Waals surface area contributed by atoms with Gasteiger partial charge in [0.1, 0.15) is 5.75 Å². The van der Waals surface area contributed by atoms with Crippen LogP contribution < -0.4 is 4.74 Å². The van der Waals surface area contributed by atoms with E-state index in [4.69, 9.17) is 4.74 Å². The van der Waals surface area contributed by atoms with Crippen LogP contribution in [-0.2, 0) is 6.42 Å². The van der Waals surface area contributed by atoms with E-state index in [1.807, 2.05) is 31.2 Å². The molecule has 5 nitrogen and oxygen atoms in total. The van der Waals surface area contributed by atoms with E-state index >= 15 is 0 Å². The summed E-state index contributed by atoms with van der Waals surface area (Å²) in [5.41, 5.74) is 1.06. The minimum atomic E-state index is -1.06. The van der Waals surface area contributed by atoms with Crippen LogP contribution in [0.15, 0.2) is 35.8 Å². The smallest absolute Gasteiger partial charge is 0.358 e. The number of aryl methyl sites for hydroxylation is 1. The molecule has 2 heterocycles. The number of para-hydroxylation sites is 1. The molecule has 1 aromatic carbocycles. The van der Waals surface area contributed by atoms with Crippen LogP contribution >= 0.6 is 11.3 Å². The fourth-order valence-corrected chi connectivity index (χ4v) is 2.74. The van der Waals surface area contributed by atoms with Gasteiger partial charge in [-0.1, -0.05) is 25.1 Å². The van der Waals surface area contributed by atoms with Crippen molar-refractivity contribution in [2.75, 3.05) is 0 Å². The Morgan fingerprint density at radius 1 is 1.45 bits per heavy atom. The third kappa shape index (κ3) is 2.04. The summed E-state index contributed by atoms with van der Waals surface area (Å²) in [6.07, 6.45) is 2.48. The summed E-state index contributed by atoms with van der Waals surface area (Å²) in [4.78, 5) is 16.2. The van der Waals surface area contributed by atoms with Crippen LogP contribution in [0.25, 0.3) is 4.96 Å². The summed E-state index contributed by atoms with van der Waals surface area (Å²) >= 11 is 1.37. The van der Waals surface area contributed by atoms with Crippen LogP contribution in [0.3, 0.4) is 0 Å². The number of hydrogen-bond donors (Lipinski definition) is 1. The van der Waals surface area contributed by atoms with Gasteiger partial charge in [-0.05, 0) is 18.1 Å². The second-order valence-electron chi connectivity index (χ2n) is 4.19. The number of benzene rings is 1. The number of thiazole rings is 1. The molecule has 6 heteroatoms. The molecule has 20 heavy (non-hydrogen) atoms. The van der Waals surface area contributed by atoms with Crippen LogP contribution in [0.1, 0.15) is 23.0 Å². The van der Waals surface area contributed by atoms with E-state index in [0.29, 0.717) is 10.7 Å². The van der Waals surface area contributed by atoms with Crippen molar-refractivity contribution in [3.63, 3.8) is 0 Å². The third-order valence-electron chi connectivity index (χ3n) is 2.99. The fraction of sp³-hybridized carbons (Fsp3) is 0.143. The highest BCUT2D eigenvalue weighted by molar-refractivity contribution is 7.15. The number of hydrogen-bond acceptors (Lipinski definition) is 4. The lowest BCUT2D eigenvalue weighted by Crippen LogP contribution is -2.03. The van der Waals surface area contributed by atoms with Crippen molar-refractivity contribution in [2.24, 2.45) is 0 Å². The molecule has 0 fully saturated rings. The van der Waals surface area contributed by atoms with Crippen LogP contribution in [-0.4, -0.2) is 20.5 Å². The Morgan fingerprint density at radius 2 is 2.25 bits per heavy atom. The Labute approximate surface area is 119 Å². The highest BCUT2D eigenvalue weighted by Crippen LogP contribution is 2.30. The van der Waals surface area contributed by atoms with Crippen LogP contribution in [0.5, 0.6) is 11.6 Å². The molecule has 0 unspecified atom stereocenters. The second kappa shape index (κ2) is 4.97. The van der Waals surface area contributed by atoms with E-state index in [1.54, 1.807) is 11.6 Å². The number of nitrogens with zero attached hydrogens (tertiary/aromatic N) is 2. The van der Waals surface area contributed by atoms with Gasteiger partial charge >= 0.3 is 5.97 Å². The molecule has 0 saturated heterocycles. The van der Waals surface area contributed by atoms with Crippen molar-refractivity contribution in [1.82, 2.24) is 9.38 Å². The SMILES string of the molecule is CCc1ccccc1Oc1nc2sccn2c1C(=O)O. The normalized spacial score (nSPS) is 10.8. The van der Waals surface area contributed by atoms with Gasteiger partial charge in [0, 0.05) is 11.6 Å². The highest BCUT2D eigenvalue weighted by atomic mass is 32.1. The largest absolute Gasteiger partial charge is 0.476 e. The number of carboxylic acids is 1. The Hall–Kier alpha value is -2.34. The van der Waals surface area contributed by atoms with Crippen molar-refractivity contribution < 1.29 is 14.6 Å². The van der Waals surface area contributed by atoms with Crippen LogP contribution in [0, 0.1) is 0 Å². The van der Waals surface area contributed by atoms with Crippen LogP contribution in [0.2, 0.25) is 0 Å². The number of carboxylic acid groups (broad SMARTS) is 1. The molecule has 0 bridgehead atoms. The van der Waals surface area contributed by atoms with Gasteiger partial charge in [0.2, 0.25) is 0 Å². The lowest BCUT2D eigenvalue weighted by atomic mass is 10.1.